The molecule has 3 heteroatoms. The Hall–Kier alpha value is -1.09. The fraction of sp³-hybridized carbons (Fsp3) is 0.667. The van der Waals surface area contributed by atoms with Crippen molar-refractivity contribution in [1.29, 1.82) is 0 Å². The molecule has 18 heavy (non-hydrogen) atoms. The Balaban J connectivity index is 2.34. The van der Waals surface area contributed by atoms with Gasteiger partial charge in [0.2, 0.25) is 0 Å². The molecule has 1 aromatic rings. The molecule has 102 valence electrons. The predicted molar refractivity (Wildman–Crippen MR) is 78.5 cm³/mol. The van der Waals surface area contributed by atoms with E-state index >= 15 is 0 Å². The molecule has 0 aliphatic rings. The van der Waals surface area contributed by atoms with Gasteiger partial charge in [0.05, 0.1) is 0 Å². The molecule has 0 bridgehead atoms. The fourth-order valence-electron chi connectivity index (χ4n) is 2.18. The molecule has 0 spiro atoms. The van der Waals surface area contributed by atoms with Gasteiger partial charge in [-0.15, -0.1) is 0 Å². The smallest absolute Gasteiger partial charge is 0.123 e. The van der Waals surface area contributed by atoms with Crippen molar-refractivity contribution in [3.05, 3.63) is 23.9 Å². The largest absolute Gasteiger partial charge is 0.384 e. The Bertz CT molecular complexity index is 336. The van der Waals surface area contributed by atoms with Crippen molar-refractivity contribution in [2.24, 2.45) is 5.92 Å². The van der Waals surface area contributed by atoms with E-state index in [1.165, 1.54) is 24.8 Å². The van der Waals surface area contributed by atoms with Crippen LogP contribution in [0.15, 0.2) is 18.3 Å². The zero-order valence-electron chi connectivity index (χ0n) is 11.9. The molecular formula is C15H27N3. The van der Waals surface area contributed by atoms with E-state index in [0.29, 0.717) is 17.8 Å². The molecule has 0 radical (unpaired) electrons. The lowest BCUT2D eigenvalue weighted by Gasteiger charge is -2.22. The number of hydrogen-bond acceptors (Lipinski definition) is 3. The van der Waals surface area contributed by atoms with Gasteiger partial charge in [-0.3, -0.25) is 0 Å². The number of nitrogen functional groups attached to an aromatic ring is 1. The van der Waals surface area contributed by atoms with Crippen molar-refractivity contribution in [3.8, 4) is 0 Å². The van der Waals surface area contributed by atoms with Crippen LogP contribution in [0, 0.1) is 5.92 Å². The second-order valence-corrected chi connectivity index (χ2v) is 5.29. The maximum absolute atomic E-state index is 5.68. The number of nitrogens with zero attached hydrogens (tertiary/aromatic N) is 1. The minimum Gasteiger partial charge on any atom is -0.384 e. The SMILES string of the molecule is CCCNC(CCCc1ccnc(N)c1)C(C)C. The maximum atomic E-state index is 5.68. The summed E-state index contributed by atoms with van der Waals surface area (Å²) in [5.41, 5.74) is 6.97. The van der Waals surface area contributed by atoms with E-state index in [4.69, 9.17) is 5.73 Å². The molecule has 1 unspecified atom stereocenters. The first-order chi connectivity index (χ1) is 8.63. The van der Waals surface area contributed by atoms with Crippen LogP contribution < -0.4 is 11.1 Å². The highest BCUT2D eigenvalue weighted by molar-refractivity contribution is 5.31. The third-order valence-corrected chi connectivity index (χ3v) is 3.29. The van der Waals surface area contributed by atoms with E-state index in [2.05, 4.69) is 37.1 Å². The number of rotatable bonds is 8. The van der Waals surface area contributed by atoms with Gasteiger partial charge in [-0.1, -0.05) is 20.8 Å². The number of nitrogens with two attached hydrogens (primary N) is 1. The lowest BCUT2D eigenvalue weighted by Crippen LogP contribution is -2.34. The number of nitrogens with one attached hydrogen (secondary N) is 1. The van der Waals surface area contributed by atoms with Gasteiger partial charge in [0.1, 0.15) is 5.82 Å². The first-order valence-corrected chi connectivity index (χ1v) is 7.07. The van der Waals surface area contributed by atoms with E-state index in [0.717, 1.165) is 13.0 Å². The van der Waals surface area contributed by atoms with E-state index in [1.807, 2.05) is 6.07 Å². The number of aromatic nitrogens is 1. The van der Waals surface area contributed by atoms with Crippen molar-refractivity contribution in [1.82, 2.24) is 10.3 Å². The van der Waals surface area contributed by atoms with Crippen LogP contribution >= 0.6 is 0 Å². The van der Waals surface area contributed by atoms with Crippen LogP contribution in [0.25, 0.3) is 0 Å². The monoisotopic (exact) mass is 249 g/mol. The number of pyridine rings is 1. The molecule has 1 atom stereocenters. The molecule has 0 saturated heterocycles. The Morgan fingerprint density at radius 2 is 2.17 bits per heavy atom. The van der Waals surface area contributed by atoms with Gasteiger partial charge < -0.3 is 11.1 Å². The Labute approximate surface area is 111 Å². The highest BCUT2D eigenvalue weighted by atomic mass is 14.9. The van der Waals surface area contributed by atoms with Crippen LogP contribution in [-0.2, 0) is 6.42 Å². The summed E-state index contributed by atoms with van der Waals surface area (Å²) in [4.78, 5) is 4.02. The van der Waals surface area contributed by atoms with Crippen LogP contribution in [0.4, 0.5) is 5.82 Å². The van der Waals surface area contributed by atoms with Gasteiger partial charge in [0.15, 0.2) is 0 Å². The van der Waals surface area contributed by atoms with Crippen molar-refractivity contribution in [3.63, 3.8) is 0 Å². The lowest BCUT2D eigenvalue weighted by atomic mass is 9.97. The summed E-state index contributed by atoms with van der Waals surface area (Å²) >= 11 is 0. The van der Waals surface area contributed by atoms with Crippen LogP contribution in [0.5, 0.6) is 0 Å². The number of anilines is 1. The minimum atomic E-state index is 0.622. The average molecular weight is 249 g/mol. The van der Waals surface area contributed by atoms with Crippen LogP contribution in [0.3, 0.4) is 0 Å². The van der Waals surface area contributed by atoms with Crippen LogP contribution in [-0.4, -0.2) is 17.6 Å². The van der Waals surface area contributed by atoms with Crippen molar-refractivity contribution < 1.29 is 0 Å². The van der Waals surface area contributed by atoms with Gasteiger partial charge in [0, 0.05) is 12.2 Å². The molecule has 0 fully saturated rings. The Kier molecular flexibility index (Phi) is 6.73. The van der Waals surface area contributed by atoms with E-state index < -0.39 is 0 Å². The van der Waals surface area contributed by atoms with Crippen molar-refractivity contribution >= 4 is 5.82 Å². The summed E-state index contributed by atoms with van der Waals surface area (Å²) in [7, 11) is 0. The molecule has 0 aliphatic carbocycles. The molecule has 1 heterocycles. The van der Waals surface area contributed by atoms with Crippen molar-refractivity contribution in [2.45, 2.75) is 52.5 Å². The summed E-state index contributed by atoms with van der Waals surface area (Å²) in [5, 5.41) is 3.63. The fourth-order valence-corrected chi connectivity index (χ4v) is 2.18. The zero-order valence-corrected chi connectivity index (χ0v) is 11.9. The Morgan fingerprint density at radius 1 is 1.39 bits per heavy atom. The molecule has 0 saturated carbocycles. The summed E-state index contributed by atoms with van der Waals surface area (Å²) in [5.74, 6) is 1.32. The highest BCUT2D eigenvalue weighted by Crippen LogP contribution is 2.13. The Morgan fingerprint density at radius 3 is 2.78 bits per heavy atom. The first kappa shape index (κ1) is 15.0. The molecule has 0 amide bonds. The van der Waals surface area contributed by atoms with Gasteiger partial charge in [-0.25, -0.2) is 4.98 Å². The molecular weight excluding hydrogens is 222 g/mol. The van der Waals surface area contributed by atoms with Crippen LogP contribution in [0.1, 0.15) is 45.6 Å². The molecule has 3 nitrogen and oxygen atoms in total. The third kappa shape index (κ3) is 5.50. The van der Waals surface area contributed by atoms with Gasteiger partial charge in [-0.2, -0.15) is 0 Å². The normalized spacial score (nSPS) is 12.9. The van der Waals surface area contributed by atoms with Gasteiger partial charge >= 0.3 is 0 Å². The lowest BCUT2D eigenvalue weighted by molar-refractivity contribution is 0.370. The molecule has 1 aromatic heterocycles. The predicted octanol–water partition coefficient (Wildman–Crippen LogP) is 3.01. The summed E-state index contributed by atoms with van der Waals surface area (Å²) in [6.45, 7) is 7.91. The topological polar surface area (TPSA) is 50.9 Å². The van der Waals surface area contributed by atoms with Crippen molar-refractivity contribution in [2.75, 3.05) is 12.3 Å². The summed E-state index contributed by atoms with van der Waals surface area (Å²) in [6, 6.07) is 4.66. The van der Waals surface area contributed by atoms with Crippen LogP contribution in [0.2, 0.25) is 0 Å². The summed E-state index contributed by atoms with van der Waals surface area (Å²) in [6.07, 6.45) is 6.50. The first-order valence-electron chi connectivity index (χ1n) is 7.07. The van der Waals surface area contributed by atoms with E-state index in [1.54, 1.807) is 6.20 Å². The summed E-state index contributed by atoms with van der Waals surface area (Å²) < 4.78 is 0. The van der Waals surface area contributed by atoms with Gasteiger partial charge in [0.25, 0.3) is 0 Å². The second-order valence-electron chi connectivity index (χ2n) is 5.29. The van der Waals surface area contributed by atoms with E-state index in [9.17, 15) is 0 Å². The maximum Gasteiger partial charge on any atom is 0.123 e. The number of hydrogen-bond donors (Lipinski definition) is 2. The standard InChI is InChI=1S/C15H27N3/c1-4-9-17-14(12(2)3)7-5-6-13-8-10-18-15(16)11-13/h8,10-12,14,17H,4-7,9H2,1-3H3,(H2,16,18). The molecule has 0 aliphatic heterocycles. The molecule has 0 aromatic carbocycles. The zero-order chi connectivity index (χ0) is 13.4. The molecule has 3 N–H and O–H groups in total. The van der Waals surface area contributed by atoms with E-state index in [-0.39, 0.29) is 0 Å². The minimum absolute atomic E-state index is 0.622. The second kappa shape index (κ2) is 8.09. The highest BCUT2D eigenvalue weighted by Gasteiger charge is 2.11. The number of aryl methyl sites for hydroxylation is 1. The third-order valence-electron chi connectivity index (χ3n) is 3.29. The average Bonchev–Trinajstić information content (AvgIpc) is 2.33. The molecule has 1 rings (SSSR count). The van der Waals surface area contributed by atoms with Gasteiger partial charge in [-0.05, 0) is 55.8 Å². The quantitative estimate of drug-likeness (QED) is 0.744.